The normalized spacial score (nSPS) is 11.5. The van der Waals surface area contributed by atoms with Crippen molar-refractivity contribution in [2.45, 2.75) is 69.6 Å². The first-order valence-electron chi connectivity index (χ1n) is 9.98. The number of aromatic hydroxyl groups is 1. The number of ether oxygens (including phenoxy) is 1. The number of rotatable bonds is 12. The molecule has 0 aliphatic carbocycles. The molecule has 0 heterocycles. The van der Waals surface area contributed by atoms with E-state index in [4.69, 9.17) is 4.74 Å². The lowest BCUT2D eigenvalue weighted by molar-refractivity contribution is 0.430. The molecule has 2 aromatic rings. The third kappa shape index (κ3) is 7.17. The smallest absolute Gasteiger partial charge is 0.298 e. The van der Waals surface area contributed by atoms with Gasteiger partial charge in [0.15, 0.2) is 0 Å². The number of aryl methyl sites for hydroxylation is 1. The lowest BCUT2D eigenvalue weighted by Crippen LogP contribution is -2.02. The molecule has 2 rings (SSSR count). The Bertz CT molecular complexity index is 832. The summed E-state index contributed by atoms with van der Waals surface area (Å²) in [6, 6.07) is 11.7. The van der Waals surface area contributed by atoms with Crippen LogP contribution >= 0.6 is 0 Å². The van der Waals surface area contributed by atoms with E-state index in [9.17, 15) is 18.1 Å². The fourth-order valence-electron chi connectivity index (χ4n) is 3.15. The summed E-state index contributed by atoms with van der Waals surface area (Å²) in [6.45, 7) is 2.20. The molecular weight excluding hydrogens is 376 g/mol. The fraction of sp³-hybridized carbons (Fsp3) is 0.455. The minimum Gasteiger partial charge on any atom is -0.506 e. The maximum absolute atomic E-state index is 11.5. The second-order valence-corrected chi connectivity index (χ2v) is 8.43. The van der Waals surface area contributed by atoms with E-state index in [-0.39, 0.29) is 0 Å². The Morgan fingerprint density at radius 1 is 0.893 bits per heavy atom. The van der Waals surface area contributed by atoms with Crippen molar-refractivity contribution >= 4 is 10.1 Å². The van der Waals surface area contributed by atoms with Crippen molar-refractivity contribution in [2.75, 3.05) is 0 Å². The molecule has 2 aromatic carbocycles. The van der Waals surface area contributed by atoms with Gasteiger partial charge in [-0.05, 0) is 36.6 Å². The van der Waals surface area contributed by atoms with Crippen LogP contribution in [0.15, 0.2) is 47.4 Å². The zero-order valence-corrected chi connectivity index (χ0v) is 17.2. The summed E-state index contributed by atoms with van der Waals surface area (Å²) in [5, 5.41) is 10.0. The average molecular weight is 407 g/mol. The maximum Gasteiger partial charge on any atom is 0.298 e. The molecular formula is C22H30O5S. The van der Waals surface area contributed by atoms with Crippen molar-refractivity contribution in [3.8, 4) is 17.2 Å². The van der Waals surface area contributed by atoms with E-state index >= 15 is 0 Å². The Morgan fingerprint density at radius 3 is 2.11 bits per heavy atom. The van der Waals surface area contributed by atoms with E-state index < -0.39 is 20.8 Å². The number of phenols is 1. The lowest BCUT2D eigenvalue weighted by Gasteiger charge is -2.14. The second kappa shape index (κ2) is 11.1. The van der Waals surface area contributed by atoms with E-state index in [0.29, 0.717) is 23.5 Å². The van der Waals surface area contributed by atoms with Gasteiger partial charge in [0.2, 0.25) is 0 Å². The number of hydrogen-bond donors (Lipinski definition) is 2. The molecule has 0 unspecified atom stereocenters. The lowest BCUT2D eigenvalue weighted by atomic mass is 10.0. The first kappa shape index (κ1) is 22.2. The molecule has 0 fully saturated rings. The summed E-state index contributed by atoms with van der Waals surface area (Å²) in [5.41, 5.74) is 0.653. The highest BCUT2D eigenvalue weighted by Crippen LogP contribution is 2.35. The topological polar surface area (TPSA) is 83.8 Å². The average Bonchev–Trinajstić information content (AvgIpc) is 2.65. The Balaban J connectivity index is 2.06. The van der Waals surface area contributed by atoms with E-state index in [1.807, 2.05) is 18.2 Å². The molecule has 2 N–H and O–H groups in total. The second-order valence-electron chi connectivity index (χ2n) is 7.04. The van der Waals surface area contributed by atoms with Gasteiger partial charge in [0, 0.05) is 6.07 Å². The molecule has 0 aliphatic heterocycles. The highest BCUT2D eigenvalue weighted by molar-refractivity contribution is 7.86. The zero-order valence-electron chi connectivity index (χ0n) is 16.4. The standard InChI is InChI=1S/C22H30O5S/c1-2-3-4-5-6-7-8-10-13-18-16-22(28(24,25)26)20(23)17-21(18)27-19-14-11-9-12-15-19/h9,11-12,14-17,23H,2-8,10,13H2,1H3,(H,24,25,26). The highest BCUT2D eigenvalue weighted by Gasteiger charge is 2.19. The SMILES string of the molecule is CCCCCCCCCCc1cc(S(=O)(=O)O)c(O)cc1Oc1ccccc1. The molecule has 0 atom stereocenters. The first-order valence-corrected chi connectivity index (χ1v) is 11.4. The highest BCUT2D eigenvalue weighted by atomic mass is 32.2. The quantitative estimate of drug-likeness (QED) is 0.328. The number of phenolic OH excluding ortho intramolecular Hbond substituents is 1. The number of benzene rings is 2. The summed E-state index contributed by atoms with van der Waals surface area (Å²) in [7, 11) is -4.50. The molecule has 6 heteroatoms. The molecule has 0 saturated carbocycles. The first-order chi connectivity index (χ1) is 13.4. The van der Waals surface area contributed by atoms with Gasteiger partial charge in [0.05, 0.1) is 0 Å². The van der Waals surface area contributed by atoms with E-state index in [0.717, 1.165) is 19.3 Å². The van der Waals surface area contributed by atoms with E-state index in [1.54, 1.807) is 12.1 Å². The van der Waals surface area contributed by atoms with Gasteiger partial charge in [-0.1, -0.05) is 70.1 Å². The minimum atomic E-state index is -4.50. The van der Waals surface area contributed by atoms with Crippen LogP contribution in [0, 0.1) is 0 Å². The van der Waals surface area contributed by atoms with Crippen LogP contribution in [0.5, 0.6) is 17.2 Å². The Labute approximate surface area is 168 Å². The molecule has 0 radical (unpaired) electrons. The molecule has 0 spiro atoms. The van der Waals surface area contributed by atoms with Gasteiger partial charge < -0.3 is 9.84 Å². The summed E-state index contributed by atoms with van der Waals surface area (Å²) < 4.78 is 38.3. The molecule has 0 aromatic heterocycles. The van der Waals surface area contributed by atoms with Crippen molar-refractivity contribution < 1.29 is 22.8 Å². The monoisotopic (exact) mass is 406 g/mol. The molecule has 0 bridgehead atoms. The molecule has 5 nitrogen and oxygen atoms in total. The van der Waals surface area contributed by atoms with E-state index in [2.05, 4.69) is 6.92 Å². The predicted molar refractivity (Wildman–Crippen MR) is 111 cm³/mol. The van der Waals surface area contributed by atoms with Crippen LogP contribution in [0.4, 0.5) is 0 Å². The minimum absolute atomic E-state index is 0.402. The van der Waals surface area contributed by atoms with Crippen LogP contribution in [-0.4, -0.2) is 18.1 Å². The Morgan fingerprint density at radius 2 is 1.50 bits per heavy atom. The van der Waals surface area contributed by atoms with Crippen molar-refractivity contribution in [2.24, 2.45) is 0 Å². The van der Waals surface area contributed by atoms with Gasteiger partial charge in [-0.3, -0.25) is 4.55 Å². The third-order valence-electron chi connectivity index (χ3n) is 4.69. The molecule has 0 saturated heterocycles. The van der Waals surface area contributed by atoms with Crippen LogP contribution < -0.4 is 4.74 Å². The van der Waals surface area contributed by atoms with Crippen LogP contribution in [0.1, 0.15) is 63.9 Å². The molecule has 0 aliphatic rings. The van der Waals surface area contributed by atoms with Gasteiger partial charge >= 0.3 is 0 Å². The van der Waals surface area contributed by atoms with Crippen LogP contribution in [-0.2, 0) is 16.5 Å². The van der Waals surface area contributed by atoms with Gasteiger partial charge in [-0.25, -0.2) is 0 Å². The van der Waals surface area contributed by atoms with Crippen molar-refractivity contribution in [3.05, 3.63) is 48.0 Å². The summed E-state index contributed by atoms with van der Waals surface area (Å²) in [5.74, 6) is 0.478. The summed E-state index contributed by atoms with van der Waals surface area (Å²) in [4.78, 5) is -0.484. The molecule has 0 amide bonds. The largest absolute Gasteiger partial charge is 0.506 e. The third-order valence-corrected chi connectivity index (χ3v) is 5.57. The fourth-order valence-corrected chi connectivity index (χ4v) is 3.77. The van der Waals surface area contributed by atoms with Crippen molar-refractivity contribution in [3.63, 3.8) is 0 Å². The van der Waals surface area contributed by atoms with Gasteiger partial charge in [-0.15, -0.1) is 0 Å². The summed E-state index contributed by atoms with van der Waals surface area (Å²) >= 11 is 0. The number of unbranched alkanes of at least 4 members (excludes halogenated alkanes) is 7. The van der Waals surface area contributed by atoms with Crippen LogP contribution in [0.3, 0.4) is 0 Å². The molecule has 28 heavy (non-hydrogen) atoms. The van der Waals surface area contributed by atoms with E-state index in [1.165, 1.54) is 44.2 Å². The summed E-state index contributed by atoms with van der Waals surface area (Å²) in [6.07, 6.45) is 9.94. The van der Waals surface area contributed by atoms with Gasteiger partial charge in [0.25, 0.3) is 10.1 Å². The predicted octanol–water partition coefficient (Wildman–Crippen LogP) is 6.11. The van der Waals surface area contributed by atoms with Crippen molar-refractivity contribution in [1.29, 1.82) is 0 Å². The maximum atomic E-state index is 11.5. The van der Waals surface area contributed by atoms with Crippen molar-refractivity contribution in [1.82, 2.24) is 0 Å². The van der Waals surface area contributed by atoms with Crippen LogP contribution in [0.25, 0.3) is 0 Å². The van der Waals surface area contributed by atoms with Crippen LogP contribution in [0.2, 0.25) is 0 Å². The number of hydrogen-bond acceptors (Lipinski definition) is 4. The van der Waals surface area contributed by atoms with Gasteiger partial charge in [-0.2, -0.15) is 8.42 Å². The Kier molecular flexibility index (Phi) is 8.80. The number of para-hydroxylation sites is 1. The zero-order chi connectivity index (χ0) is 20.4. The molecule has 154 valence electrons. The Hall–Kier alpha value is -2.05. The van der Waals surface area contributed by atoms with Gasteiger partial charge in [0.1, 0.15) is 22.1 Å².